The summed E-state index contributed by atoms with van der Waals surface area (Å²) >= 11 is 0. The first-order chi connectivity index (χ1) is 29.1. The minimum atomic E-state index is -4.28. The number of carbonyl (C=O) groups excluding carboxylic acids is 1. The van der Waals surface area contributed by atoms with Gasteiger partial charge < -0.3 is 18.9 Å². The molecule has 0 saturated heterocycles. The second-order valence-corrected chi connectivity index (χ2v) is 19.6. The molecule has 1 N–H and O–H groups in total. The molecule has 60 heavy (non-hydrogen) atoms. The molecule has 0 aliphatic carbocycles. The van der Waals surface area contributed by atoms with Gasteiger partial charge in [-0.3, -0.25) is 13.8 Å². The highest BCUT2D eigenvalue weighted by molar-refractivity contribution is 7.47. The van der Waals surface area contributed by atoms with Crippen molar-refractivity contribution in [1.29, 1.82) is 0 Å². The van der Waals surface area contributed by atoms with Gasteiger partial charge in [0.25, 0.3) is 0 Å². The van der Waals surface area contributed by atoms with Crippen LogP contribution in [0.4, 0.5) is 0 Å². The molecule has 0 spiro atoms. The first-order valence-electron chi connectivity index (χ1n) is 25.2. The summed E-state index contributed by atoms with van der Waals surface area (Å²) in [6.45, 7) is 5.61. The van der Waals surface area contributed by atoms with Crippen molar-refractivity contribution in [2.24, 2.45) is 0 Å². The number of carbonyl (C=O) groups is 1. The Labute approximate surface area is 372 Å². The predicted molar refractivity (Wildman–Crippen MR) is 256 cm³/mol. The third kappa shape index (κ3) is 47.8. The van der Waals surface area contributed by atoms with E-state index in [4.69, 9.17) is 18.5 Å². The Bertz CT molecular complexity index is 1060. The van der Waals surface area contributed by atoms with Crippen molar-refractivity contribution in [1.82, 2.24) is 0 Å². The van der Waals surface area contributed by atoms with Gasteiger partial charge in [-0.15, -0.1) is 0 Å². The summed E-state index contributed by atoms with van der Waals surface area (Å²) in [5.74, 6) is -0.326. The number of rotatable bonds is 47. The van der Waals surface area contributed by atoms with Gasteiger partial charge in [-0.1, -0.05) is 185 Å². The fourth-order valence-electron chi connectivity index (χ4n) is 6.99. The second kappa shape index (κ2) is 44.3. The monoisotopic (exact) mass is 869 g/mol. The van der Waals surface area contributed by atoms with E-state index < -0.39 is 13.9 Å². The van der Waals surface area contributed by atoms with Crippen molar-refractivity contribution in [2.45, 2.75) is 232 Å². The maximum atomic E-state index is 12.7. The standard InChI is InChI=1S/C51H98NO7P/c1-6-8-10-12-14-16-18-20-22-24-25-26-27-28-29-31-33-35-37-39-41-43-46-56-48-50(49-58-60(54,55)57-47-45-52(3,4)5)59-51(53)44-42-40-38-36-34-32-30-23-21-19-17-15-13-11-9-7-2/h17,19,23-25,30,50H,6-16,18,20-22,26-29,31-49H2,1-5H3/p+1/b19-17-,25-24-,30-23-. The van der Waals surface area contributed by atoms with E-state index in [1.54, 1.807) is 0 Å². The molecule has 0 fully saturated rings. The number of quaternary nitrogens is 1. The summed E-state index contributed by atoms with van der Waals surface area (Å²) in [5.41, 5.74) is 0. The van der Waals surface area contributed by atoms with E-state index >= 15 is 0 Å². The molecule has 0 amide bonds. The summed E-state index contributed by atoms with van der Waals surface area (Å²) in [5, 5.41) is 0. The first kappa shape index (κ1) is 58.7. The summed E-state index contributed by atoms with van der Waals surface area (Å²) in [6, 6.07) is 0. The fraction of sp³-hybridized carbons (Fsp3) is 0.863. The van der Waals surface area contributed by atoms with E-state index in [1.807, 2.05) is 21.1 Å². The number of hydrogen-bond donors (Lipinski definition) is 1. The van der Waals surface area contributed by atoms with Crippen LogP contribution in [0.5, 0.6) is 0 Å². The molecule has 2 atom stereocenters. The Hall–Kier alpha value is -1.28. The molecule has 0 aliphatic rings. The van der Waals surface area contributed by atoms with Crippen LogP contribution in [0, 0.1) is 0 Å². The van der Waals surface area contributed by atoms with E-state index in [1.165, 1.54) is 148 Å². The lowest BCUT2D eigenvalue weighted by Gasteiger charge is -2.24. The van der Waals surface area contributed by atoms with Crippen LogP contribution in [0.25, 0.3) is 0 Å². The number of unbranched alkanes of at least 4 members (excludes halogenated alkanes) is 27. The SMILES string of the molecule is CCCCCC/C=C\C/C=C\CCCCCCCC(=O)OC(COCCCCCCCCCCCC/C=C\CCCCCCCCCC)COP(=O)(O)OCC[N+](C)(C)C. The lowest BCUT2D eigenvalue weighted by molar-refractivity contribution is -0.870. The van der Waals surface area contributed by atoms with Crippen LogP contribution >= 0.6 is 7.82 Å². The lowest BCUT2D eigenvalue weighted by atomic mass is 10.1. The molecular weight excluding hydrogens is 770 g/mol. The third-order valence-corrected chi connectivity index (χ3v) is 11.9. The minimum absolute atomic E-state index is 0.0858. The molecule has 0 aliphatic heterocycles. The van der Waals surface area contributed by atoms with E-state index in [0.29, 0.717) is 24.1 Å². The lowest BCUT2D eigenvalue weighted by Crippen LogP contribution is -2.37. The Morgan fingerprint density at radius 2 is 0.917 bits per heavy atom. The highest BCUT2D eigenvalue weighted by atomic mass is 31.2. The summed E-state index contributed by atoms with van der Waals surface area (Å²) < 4.78 is 35.1. The average Bonchev–Trinajstić information content (AvgIpc) is 3.20. The summed E-state index contributed by atoms with van der Waals surface area (Å²) in [6.07, 6.45) is 53.3. The van der Waals surface area contributed by atoms with Crippen molar-refractivity contribution in [3.8, 4) is 0 Å². The van der Waals surface area contributed by atoms with Gasteiger partial charge in [-0.2, -0.15) is 0 Å². The van der Waals surface area contributed by atoms with Gasteiger partial charge in [0.05, 0.1) is 34.4 Å². The minimum Gasteiger partial charge on any atom is -0.457 e. The summed E-state index contributed by atoms with van der Waals surface area (Å²) in [7, 11) is 1.66. The molecule has 2 unspecified atom stereocenters. The highest BCUT2D eigenvalue weighted by Crippen LogP contribution is 2.43. The number of hydrogen-bond acceptors (Lipinski definition) is 6. The molecular formula is C51H99NO7P+. The van der Waals surface area contributed by atoms with Gasteiger partial charge in [-0.05, 0) is 70.6 Å². The molecule has 0 saturated carbocycles. The molecule has 9 heteroatoms. The fourth-order valence-corrected chi connectivity index (χ4v) is 7.73. The summed E-state index contributed by atoms with van der Waals surface area (Å²) in [4.78, 5) is 23.0. The van der Waals surface area contributed by atoms with Crippen molar-refractivity contribution in [3.05, 3.63) is 36.5 Å². The Kier molecular flexibility index (Phi) is 43.4. The number of ether oxygens (including phenoxy) is 2. The number of esters is 1. The zero-order chi connectivity index (χ0) is 44.1. The van der Waals surface area contributed by atoms with Gasteiger partial charge in [0.15, 0.2) is 0 Å². The molecule has 0 rings (SSSR count). The van der Waals surface area contributed by atoms with Gasteiger partial charge in [0.2, 0.25) is 0 Å². The number of phosphoric acid groups is 1. The average molecular weight is 869 g/mol. The largest absolute Gasteiger partial charge is 0.472 e. The van der Waals surface area contributed by atoms with E-state index in [2.05, 4.69) is 50.3 Å². The number of phosphoric ester groups is 1. The van der Waals surface area contributed by atoms with Crippen LogP contribution in [0.2, 0.25) is 0 Å². The van der Waals surface area contributed by atoms with Gasteiger partial charge in [0, 0.05) is 13.0 Å². The smallest absolute Gasteiger partial charge is 0.457 e. The molecule has 0 heterocycles. The van der Waals surface area contributed by atoms with Crippen molar-refractivity contribution < 1.29 is 37.3 Å². The van der Waals surface area contributed by atoms with E-state index in [-0.39, 0.29) is 25.8 Å². The van der Waals surface area contributed by atoms with Crippen molar-refractivity contribution >= 4 is 13.8 Å². The quantitative estimate of drug-likeness (QED) is 0.0214. The van der Waals surface area contributed by atoms with Crippen molar-refractivity contribution in [3.63, 3.8) is 0 Å². The predicted octanol–water partition coefficient (Wildman–Crippen LogP) is 15.3. The van der Waals surface area contributed by atoms with Gasteiger partial charge >= 0.3 is 13.8 Å². The topological polar surface area (TPSA) is 91.3 Å². The van der Waals surface area contributed by atoms with E-state index in [9.17, 15) is 14.3 Å². The number of nitrogens with zero attached hydrogens (tertiary/aromatic N) is 1. The van der Waals surface area contributed by atoms with E-state index in [0.717, 1.165) is 57.8 Å². The zero-order valence-electron chi connectivity index (χ0n) is 40.2. The van der Waals surface area contributed by atoms with Gasteiger partial charge in [0.1, 0.15) is 19.3 Å². The highest BCUT2D eigenvalue weighted by Gasteiger charge is 2.26. The third-order valence-electron chi connectivity index (χ3n) is 10.9. The Morgan fingerprint density at radius 1 is 0.517 bits per heavy atom. The van der Waals surface area contributed by atoms with Crippen LogP contribution < -0.4 is 0 Å². The van der Waals surface area contributed by atoms with Crippen LogP contribution in [0.1, 0.15) is 226 Å². The Balaban J connectivity index is 4.14. The molecule has 354 valence electrons. The number of allylic oxidation sites excluding steroid dienone is 6. The van der Waals surface area contributed by atoms with Crippen molar-refractivity contribution in [2.75, 3.05) is 54.1 Å². The maximum Gasteiger partial charge on any atom is 0.472 e. The first-order valence-corrected chi connectivity index (χ1v) is 26.7. The van der Waals surface area contributed by atoms with Crippen LogP contribution in [0.3, 0.4) is 0 Å². The molecule has 0 aromatic heterocycles. The zero-order valence-corrected chi connectivity index (χ0v) is 41.1. The second-order valence-electron chi connectivity index (χ2n) is 18.2. The molecule has 0 aromatic carbocycles. The normalized spacial score (nSPS) is 13.9. The molecule has 0 bridgehead atoms. The molecule has 0 radical (unpaired) electrons. The van der Waals surface area contributed by atoms with Crippen LogP contribution in [-0.2, 0) is 27.9 Å². The number of likely N-dealkylation sites (N-methyl/N-ethyl adjacent to an activating group) is 1. The van der Waals surface area contributed by atoms with Crippen LogP contribution in [0.15, 0.2) is 36.5 Å². The molecule has 0 aromatic rings. The maximum absolute atomic E-state index is 12.7. The van der Waals surface area contributed by atoms with Gasteiger partial charge in [-0.25, -0.2) is 4.57 Å². The molecule has 8 nitrogen and oxygen atoms in total. The Morgan fingerprint density at radius 3 is 1.38 bits per heavy atom. The van der Waals surface area contributed by atoms with Crippen LogP contribution in [-0.4, -0.2) is 75.6 Å².